The van der Waals surface area contributed by atoms with Gasteiger partial charge < -0.3 is 14.6 Å². The average molecular weight is 343 g/mol. The fraction of sp³-hybridized carbons (Fsp3) is 0.400. The Hall–Kier alpha value is -2.58. The Morgan fingerprint density at radius 1 is 1.29 bits per heavy atom. The molecule has 0 unspecified atom stereocenters. The third-order valence-electron chi connectivity index (χ3n) is 3.11. The van der Waals surface area contributed by atoms with Crippen molar-refractivity contribution in [3.05, 3.63) is 30.1 Å². The Bertz CT molecular complexity index is 669. The molecule has 0 radical (unpaired) electrons. The molecule has 1 aromatic carbocycles. The van der Waals surface area contributed by atoms with Crippen molar-refractivity contribution in [3.8, 4) is 17.2 Å². The largest absolute Gasteiger partial charge is 0.497 e. The Kier molecular flexibility index (Phi) is 5.78. The number of ether oxygens (including phenoxy) is 1. The van der Waals surface area contributed by atoms with Crippen molar-refractivity contribution >= 4 is 5.91 Å². The Morgan fingerprint density at radius 3 is 2.62 bits per heavy atom. The number of nitrogens with zero attached hydrogens (tertiary/aromatic N) is 2. The lowest BCUT2D eigenvalue weighted by Crippen LogP contribution is -2.23. The van der Waals surface area contributed by atoms with Crippen LogP contribution in [-0.4, -0.2) is 29.3 Å². The van der Waals surface area contributed by atoms with Crippen LogP contribution < -0.4 is 10.1 Å². The zero-order valence-corrected chi connectivity index (χ0v) is 12.9. The molecule has 0 aliphatic carbocycles. The van der Waals surface area contributed by atoms with Gasteiger partial charge >= 0.3 is 6.18 Å². The van der Waals surface area contributed by atoms with Gasteiger partial charge in [0.2, 0.25) is 5.91 Å². The molecule has 130 valence electrons. The second-order valence-corrected chi connectivity index (χ2v) is 4.99. The highest BCUT2D eigenvalue weighted by molar-refractivity contribution is 5.75. The number of rotatable bonds is 7. The van der Waals surface area contributed by atoms with E-state index in [-0.39, 0.29) is 31.1 Å². The van der Waals surface area contributed by atoms with Crippen LogP contribution in [0.3, 0.4) is 0 Å². The molecule has 0 bridgehead atoms. The standard InChI is InChI=1S/C15H16F3N3O3/c1-23-11-6-4-10(5-7-11)14-20-12(21-24-14)9-19-13(22)3-2-8-15(16,17)18/h4-7H,2-3,8-9H2,1H3,(H,19,22). The molecule has 6 nitrogen and oxygen atoms in total. The number of amides is 1. The van der Waals surface area contributed by atoms with E-state index >= 15 is 0 Å². The lowest BCUT2D eigenvalue weighted by molar-refractivity contribution is -0.137. The van der Waals surface area contributed by atoms with Gasteiger partial charge in [0.25, 0.3) is 5.89 Å². The Balaban J connectivity index is 1.82. The molecule has 9 heteroatoms. The molecule has 0 fully saturated rings. The smallest absolute Gasteiger partial charge is 0.389 e. The van der Waals surface area contributed by atoms with Crippen LogP contribution in [0.5, 0.6) is 5.75 Å². The minimum absolute atomic E-state index is 0.00942. The average Bonchev–Trinajstić information content (AvgIpc) is 3.01. The number of hydrogen-bond donors (Lipinski definition) is 1. The van der Waals surface area contributed by atoms with Crippen LogP contribution in [0.2, 0.25) is 0 Å². The summed E-state index contributed by atoms with van der Waals surface area (Å²) < 4.78 is 46.1. The number of benzene rings is 1. The minimum Gasteiger partial charge on any atom is -0.497 e. The number of nitrogens with one attached hydrogen (secondary N) is 1. The predicted molar refractivity (Wildman–Crippen MR) is 78.0 cm³/mol. The highest BCUT2D eigenvalue weighted by atomic mass is 19.4. The predicted octanol–water partition coefficient (Wildman–Crippen LogP) is 3.09. The maximum absolute atomic E-state index is 12.0. The van der Waals surface area contributed by atoms with Crippen LogP contribution in [-0.2, 0) is 11.3 Å². The van der Waals surface area contributed by atoms with Crippen molar-refractivity contribution in [1.29, 1.82) is 0 Å². The molecule has 1 heterocycles. The van der Waals surface area contributed by atoms with Gasteiger partial charge in [-0.2, -0.15) is 18.2 Å². The molecule has 2 aromatic rings. The van der Waals surface area contributed by atoms with Gasteiger partial charge in [-0.1, -0.05) is 5.16 Å². The topological polar surface area (TPSA) is 77.2 Å². The summed E-state index contributed by atoms with van der Waals surface area (Å²) in [6.07, 6.45) is -5.69. The van der Waals surface area contributed by atoms with Gasteiger partial charge in [0.05, 0.1) is 13.7 Å². The van der Waals surface area contributed by atoms with Gasteiger partial charge in [-0.25, -0.2) is 0 Å². The lowest BCUT2D eigenvalue weighted by Gasteiger charge is -2.05. The van der Waals surface area contributed by atoms with E-state index in [4.69, 9.17) is 9.26 Å². The molecular formula is C15H16F3N3O3. The second-order valence-electron chi connectivity index (χ2n) is 4.99. The Morgan fingerprint density at radius 2 is 2.00 bits per heavy atom. The SMILES string of the molecule is COc1ccc(-c2nc(CNC(=O)CCCC(F)(F)F)no2)cc1. The fourth-order valence-electron chi connectivity index (χ4n) is 1.89. The molecule has 24 heavy (non-hydrogen) atoms. The number of carbonyl (C=O) groups is 1. The zero-order valence-electron chi connectivity index (χ0n) is 12.9. The third-order valence-corrected chi connectivity index (χ3v) is 3.11. The molecule has 1 N–H and O–H groups in total. The van der Waals surface area contributed by atoms with Gasteiger partial charge in [-0.05, 0) is 30.7 Å². The molecule has 0 aliphatic rings. The Labute approximate surface area is 136 Å². The van der Waals surface area contributed by atoms with E-state index in [0.717, 1.165) is 0 Å². The van der Waals surface area contributed by atoms with Crippen LogP contribution in [0.4, 0.5) is 13.2 Å². The van der Waals surface area contributed by atoms with Crippen molar-refractivity contribution in [2.45, 2.75) is 32.0 Å². The minimum atomic E-state index is -4.25. The molecule has 0 saturated heterocycles. The number of carbonyl (C=O) groups excluding carboxylic acids is 1. The number of halogens is 3. The van der Waals surface area contributed by atoms with E-state index in [1.54, 1.807) is 31.4 Å². The highest BCUT2D eigenvalue weighted by Gasteiger charge is 2.26. The van der Waals surface area contributed by atoms with Crippen molar-refractivity contribution in [2.75, 3.05) is 7.11 Å². The molecule has 0 saturated carbocycles. The maximum Gasteiger partial charge on any atom is 0.389 e. The van der Waals surface area contributed by atoms with Gasteiger partial charge in [0, 0.05) is 18.4 Å². The number of methoxy groups -OCH3 is 1. The summed E-state index contributed by atoms with van der Waals surface area (Å²) in [5, 5.41) is 6.17. The molecule has 1 amide bonds. The third kappa shape index (κ3) is 5.56. The van der Waals surface area contributed by atoms with Gasteiger partial charge in [0.15, 0.2) is 5.82 Å². The molecule has 0 spiro atoms. The fourth-order valence-corrected chi connectivity index (χ4v) is 1.89. The molecule has 0 aliphatic heterocycles. The van der Waals surface area contributed by atoms with E-state index in [1.165, 1.54) is 0 Å². The summed E-state index contributed by atoms with van der Waals surface area (Å²) in [6.45, 7) is -0.00942. The van der Waals surface area contributed by atoms with Crippen LogP contribution in [0.1, 0.15) is 25.1 Å². The van der Waals surface area contributed by atoms with Gasteiger partial charge in [-0.3, -0.25) is 4.79 Å². The summed E-state index contributed by atoms with van der Waals surface area (Å²) in [4.78, 5) is 15.6. The quantitative estimate of drug-likeness (QED) is 0.836. The van der Waals surface area contributed by atoms with E-state index in [2.05, 4.69) is 15.5 Å². The molecular weight excluding hydrogens is 327 g/mol. The van der Waals surface area contributed by atoms with E-state index in [9.17, 15) is 18.0 Å². The van der Waals surface area contributed by atoms with Gasteiger partial charge in [0.1, 0.15) is 5.75 Å². The van der Waals surface area contributed by atoms with Gasteiger partial charge in [-0.15, -0.1) is 0 Å². The van der Waals surface area contributed by atoms with Crippen LogP contribution in [0, 0.1) is 0 Å². The van der Waals surface area contributed by atoms with Crippen molar-refractivity contribution in [2.24, 2.45) is 0 Å². The first-order chi connectivity index (χ1) is 11.4. The summed E-state index contributed by atoms with van der Waals surface area (Å²) in [5.41, 5.74) is 0.686. The second kappa shape index (κ2) is 7.80. The summed E-state index contributed by atoms with van der Waals surface area (Å²) in [6, 6.07) is 6.96. The monoisotopic (exact) mass is 343 g/mol. The van der Waals surface area contributed by atoms with Crippen molar-refractivity contribution in [3.63, 3.8) is 0 Å². The van der Waals surface area contributed by atoms with Crippen LogP contribution >= 0.6 is 0 Å². The summed E-state index contributed by atoms with van der Waals surface area (Å²) in [7, 11) is 1.55. The molecule has 1 aromatic heterocycles. The van der Waals surface area contributed by atoms with Crippen LogP contribution in [0.15, 0.2) is 28.8 Å². The maximum atomic E-state index is 12.0. The van der Waals surface area contributed by atoms with E-state index < -0.39 is 18.5 Å². The number of hydrogen-bond acceptors (Lipinski definition) is 5. The zero-order chi connectivity index (χ0) is 17.6. The number of aromatic nitrogens is 2. The van der Waals surface area contributed by atoms with Crippen molar-refractivity contribution in [1.82, 2.24) is 15.5 Å². The van der Waals surface area contributed by atoms with Crippen molar-refractivity contribution < 1.29 is 27.2 Å². The molecule has 2 rings (SSSR count). The van der Waals surface area contributed by atoms with E-state index in [1.807, 2.05) is 0 Å². The normalized spacial score (nSPS) is 11.3. The summed E-state index contributed by atoms with van der Waals surface area (Å²) >= 11 is 0. The molecule has 0 atom stereocenters. The van der Waals surface area contributed by atoms with Crippen LogP contribution in [0.25, 0.3) is 11.5 Å². The van der Waals surface area contributed by atoms with E-state index in [0.29, 0.717) is 11.3 Å². The first-order valence-corrected chi connectivity index (χ1v) is 7.18. The first-order valence-electron chi connectivity index (χ1n) is 7.18. The highest BCUT2D eigenvalue weighted by Crippen LogP contribution is 2.22. The summed E-state index contributed by atoms with van der Waals surface area (Å²) in [5.74, 6) is 0.712. The number of alkyl halides is 3. The first kappa shape index (κ1) is 17.8. The lowest BCUT2D eigenvalue weighted by atomic mass is 10.2.